The highest BCUT2D eigenvalue weighted by Gasteiger charge is 2.24. The number of halogens is 3. The zero-order valence-corrected chi connectivity index (χ0v) is 16.7. The van der Waals surface area contributed by atoms with Crippen LogP contribution >= 0.6 is 11.9 Å². The molecule has 0 heterocycles. The molecular formula is C18H37ClF2NO2+. The van der Waals surface area contributed by atoms with Crippen molar-refractivity contribution in [2.24, 2.45) is 0 Å². The minimum Gasteiger partial charge on any atom is -0.342 e. The molecule has 0 saturated carbocycles. The van der Waals surface area contributed by atoms with Gasteiger partial charge >= 0.3 is 12.4 Å². The molecule has 0 bridgehead atoms. The second-order valence-electron chi connectivity index (χ2n) is 6.35. The van der Waals surface area contributed by atoms with Crippen LogP contribution in [0.3, 0.4) is 0 Å². The summed E-state index contributed by atoms with van der Waals surface area (Å²) in [6.07, 6.45) is 7.93. The Bertz CT molecular complexity index is 255. The fourth-order valence-corrected chi connectivity index (χ4v) is 2.75. The van der Waals surface area contributed by atoms with Crippen LogP contribution in [0.25, 0.3) is 0 Å². The van der Waals surface area contributed by atoms with E-state index in [4.69, 9.17) is 0 Å². The normalized spacial score (nSPS) is 11.2. The van der Waals surface area contributed by atoms with Gasteiger partial charge in [-0.1, -0.05) is 53.4 Å². The van der Waals surface area contributed by atoms with Crippen molar-refractivity contribution in [1.82, 2.24) is 0 Å². The van der Waals surface area contributed by atoms with Crippen LogP contribution in [0, 0.1) is 0 Å². The van der Waals surface area contributed by atoms with Crippen LogP contribution in [-0.4, -0.2) is 43.1 Å². The molecule has 24 heavy (non-hydrogen) atoms. The molecule has 3 nitrogen and oxygen atoms in total. The zero-order chi connectivity index (χ0) is 18.8. The minimum atomic E-state index is -3.13. The molecule has 0 aromatic rings. The number of carbonyl (C=O) groups is 1. The van der Waals surface area contributed by atoms with Crippen molar-refractivity contribution in [3.05, 3.63) is 0 Å². The first-order valence-corrected chi connectivity index (χ1v) is 9.69. The van der Waals surface area contributed by atoms with E-state index in [9.17, 15) is 13.6 Å². The number of nitrogens with zero attached hydrogens (tertiary/aromatic N) is 1. The maximum Gasteiger partial charge on any atom is 0.391 e. The van der Waals surface area contributed by atoms with E-state index in [1.165, 1.54) is 82.0 Å². The molecule has 0 rings (SSSR count). The molecule has 6 heteroatoms. The summed E-state index contributed by atoms with van der Waals surface area (Å²) in [5.41, 5.74) is 0. The van der Waals surface area contributed by atoms with E-state index in [0.29, 0.717) is 0 Å². The first kappa shape index (κ1) is 25.8. The SMILES string of the molecule is CCCC[N+](CCCC)(CCCC)CCCC.O=C(OCl)C(F)F. The maximum atomic E-state index is 10.9. The lowest BCUT2D eigenvalue weighted by atomic mass is 10.1. The first-order valence-electron chi connectivity index (χ1n) is 9.38. The number of rotatable bonds is 13. The van der Waals surface area contributed by atoms with Gasteiger partial charge < -0.3 is 8.77 Å². The fourth-order valence-electron chi connectivity index (χ4n) is 2.68. The molecule has 0 amide bonds. The van der Waals surface area contributed by atoms with Gasteiger partial charge in [-0.15, -0.1) is 0 Å². The second kappa shape index (κ2) is 17.4. The number of alkyl halides is 2. The molecule has 146 valence electrons. The standard InChI is InChI=1S/C16H36N.C2HClF2O2/c1-5-9-13-17(14-10-6-2,15-11-7-3)16-12-8-4;3-7-2(6)1(4)5/h5-16H2,1-4H3;1H/q+1;. The molecule has 0 spiro atoms. The lowest BCUT2D eigenvalue weighted by Gasteiger charge is -2.39. The second-order valence-corrected chi connectivity index (χ2v) is 6.50. The molecule has 0 atom stereocenters. The highest BCUT2D eigenvalue weighted by Crippen LogP contribution is 2.16. The molecule has 0 unspecified atom stereocenters. The number of unbranched alkanes of at least 4 members (excludes halogenated alkanes) is 4. The monoisotopic (exact) mass is 372 g/mol. The largest absolute Gasteiger partial charge is 0.391 e. The first-order chi connectivity index (χ1) is 11.4. The maximum absolute atomic E-state index is 10.9. The molecule has 0 aromatic carbocycles. The lowest BCUT2D eigenvalue weighted by Crippen LogP contribution is -2.50. The fraction of sp³-hybridized carbons (Fsp3) is 0.944. The summed E-state index contributed by atoms with van der Waals surface area (Å²) in [6.45, 7) is 15.0. The van der Waals surface area contributed by atoms with Gasteiger partial charge in [-0.25, -0.2) is 4.79 Å². The van der Waals surface area contributed by atoms with Crippen LogP contribution in [0.1, 0.15) is 79.1 Å². The third-order valence-corrected chi connectivity index (χ3v) is 4.35. The predicted molar refractivity (Wildman–Crippen MR) is 97.3 cm³/mol. The van der Waals surface area contributed by atoms with E-state index in [2.05, 4.69) is 43.9 Å². The molecule has 0 radical (unpaired) electrons. The number of quaternary nitrogens is 1. The van der Waals surface area contributed by atoms with Crippen LogP contribution in [0.4, 0.5) is 8.78 Å². The van der Waals surface area contributed by atoms with Gasteiger partial charge in [0.05, 0.1) is 26.2 Å². The van der Waals surface area contributed by atoms with E-state index in [0.717, 1.165) is 0 Å². The molecule has 0 aliphatic rings. The van der Waals surface area contributed by atoms with Crippen LogP contribution < -0.4 is 0 Å². The molecule has 0 aromatic heterocycles. The van der Waals surface area contributed by atoms with Crippen molar-refractivity contribution >= 4 is 17.8 Å². The zero-order valence-electron chi connectivity index (χ0n) is 16.0. The highest BCUT2D eigenvalue weighted by molar-refractivity contribution is 6.13. The van der Waals surface area contributed by atoms with Gasteiger partial charge in [0, 0.05) is 0 Å². The van der Waals surface area contributed by atoms with E-state index in [1.807, 2.05) is 0 Å². The average molecular weight is 373 g/mol. The Hall–Kier alpha value is -0.420. The van der Waals surface area contributed by atoms with Crippen molar-refractivity contribution in [2.45, 2.75) is 85.5 Å². The molecule has 0 saturated heterocycles. The predicted octanol–water partition coefficient (Wildman–Crippen LogP) is 5.95. The van der Waals surface area contributed by atoms with Gasteiger partial charge in [-0.2, -0.15) is 8.78 Å². The summed E-state index contributed by atoms with van der Waals surface area (Å²) in [7, 11) is 0. The minimum absolute atomic E-state index is 1.35. The van der Waals surface area contributed by atoms with Crippen LogP contribution in [0.5, 0.6) is 0 Å². The Balaban J connectivity index is 0. The Labute approximate surface area is 152 Å². The quantitative estimate of drug-likeness (QED) is 0.373. The lowest BCUT2D eigenvalue weighted by molar-refractivity contribution is -0.929. The van der Waals surface area contributed by atoms with Gasteiger partial charge in [0.1, 0.15) is 11.9 Å². The Kier molecular flexibility index (Phi) is 18.7. The van der Waals surface area contributed by atoms with E-state index >= 15 is 0 Å². The van der Waals surface area contributed by atoms with E-state index in [-0.39, 0.29) is 0 Å². The van der Waals surface area contributed by atoms with E-state index in [1.54, 1.807) is 0 Å². The number of hydrogen-bond acceptors (Lipinski definition) is 2. The summed E-state index contributed by atoms with van der Waals surface area (Å²) in [5.74, 6) is -1.72. The molecule has 0 aliphatic carbocycles. The van der Waals surface area contributed by atoms with E-state index < -0.39 is 12.4 Å². The van der Waals surface area contributed by atoms with Gasteiger partial charge in [-0.05, 0) is 25.7 Å². The Morgan fingerprint density at radius 1 is 0.833 bits per heavy atom. The van der Waals surface area contributed by atoms with Gasteiger partial charge in [0.2, 0.25) is 0 Å². The molecule has 0 fully saturated rings. The average Bonchev–Trinajstić information content (AvgIpc) is 2.60. The molecule has 0 aliphatic heterocycles. The highest BCUT2D eigenvalue weighted by atomic mass is 35.5. The van der Waals surface area contributed by atoms with Crippen molar-refractivity contribution in [3.63, 3.8) is 0 Å². The molecule has 0 N–H and O–H groups in total. The molecular weight excluding hydrogens is 336 g/mol. The number of hydrogen-bond donors (Lipinski definition) is 0. The van der Waals surface area contributed by atoms with Gasteiger partial charge in [0.25, 0.3) is 0 Å². The topological polar surface area (TPSA) is 26.3 Å². The van der Waals surface area contributed by atoms with Crippen molar-refractivity contribution in [2.75, 3.05) is 26.2 Å². The van der Waals surface area contributed by atoms with Crippen LogP contribution in [0.15, 0.2) is 0 Å². The smallest absolute Gasteiger partial charge is 0.342 e. The third kappa shape index (κ3) is 14.0. The number of carbonyl (C=O) groups excluding carboxylic acids is 1. The summed E-state index contributed by atoms with van der Waals surface area (Å²) in [5, 5.41) is 0. The Morgan fingerprint density at radius 3 is 1.25 bits per heavy atom. The van der Waals surface area contributed by atoms with Gasteiger partial charge in [0.15, 0.2) is 0 Å². The van der Waals surface area contributed by atoms with Crippen molar-refractivity contribution in [3.8, 4) is 0 Å². The summed E-state index contributed by atoms with van der Waals surface area (Å²) >= 11 is 4.22. The van der Waals surface area contributed by atoms with Crippen LogP contribution in [0.2, 0.25) is 0 Å². The summed E-state index contributed by atoms with van der Waals surface area (Å²) < 4.78 is 26.3. The Morgan fingerprint density at radius 2 is 1.12 bits per heavy atom. The van der Waals surface area contributed by atoms with Crippen LogP contribution in [-0.2, 0) is 9.08 Å². The summed E-state index contributed by atoms with van der Waals surface area (Å²) in [6, 6.07) is 0. The van der Waals surface area contributed by atoms with Gasteiger partial charge in [-0.3, -0.25) is 0 Å². The summed E-state index contributed by atoms with van der Waals surface area (Å²) in [4.78, 5) is 9.41. The third-order valence-electron chi connectivity index (χ3n) is 4.20. The van der Waals surface area contributed by atoms with Crippen molar-refractivity contribution < 1.29 is 22.3 Å². The van der Waals surface area contributed by atoms with Crippen molar-refractivity contribution in [1.29, 1.82) is 0 Å².